The highest BCUT2D eigenvalue weighted by Gasteiger charge is 2.29. The van der Waals surface area contributed by atoms with Crippen molar-refractivity contribution in [1.82, 2.24) is 10.1 Å². The summed E-state index contributed by atoms with van der Waals surface area (Å²) < 4.78 is 4.85. The average Bonchev–Trinajstić information content (AvgIpc) is 2.75. The lowest BCUT2D eigenvalue weighted by molar-refractivity contribution is 0.439. The number of aromatic nitrogens is 2. The minimum atomic E-state index is 0.357. The number of hydrogen-bond acceptors (Lipinski definition) is 5. The van der Waals surface area contributed by atoms with Crippen LogP contribution < -0.4 is 5.73 Å². The molecular formula is C9H9N3OS. The SMILES string of the molecule is Nc1cc(-c2scnc2C2CC2)no1. The number of thiazole rings is 1. The van der Waals surface area contributed by atoms with Gasteiger partial charge in [-0.2, -0.15) is 0 Å². The minimum absolute atomic E-state index is 0.357. The summed E-state index contributed by atoms with van der Waals surface area (Å²) in [4.78, 5) is 5.46. The van der Waals surface area contributed by atoms with Crippen LogP contribution in [0.15, 0.2) is 16.1 Å². The van der Waals surface area contributed by atoms with Gasteiger partial charge in [-0.1, -0.05) is 5.16 Å². The van der Waals surface area contributed by atoms with E-state index < -0.39 is 0 Å². The maximum Gasteiger partial charge on any atom is 0.222 e. The predicted octanol–water partition coefficient (Wildman–Crippen LogP) is 2.26. The molecule has 0 atom stereocenters. The molecule has 14 heavy (non-hydrogen) atoms. The van der Waals surface area contributed by atoms with Gasteiger partial charge in [-0.25, -0.2) is 4.98 Å². The molecule has 72 valence electrons. The van der Waals surface area contributed by atoms with Gasteiger partial charge in [0.25, 0.3) is 0 Å². The van der Waals surface area contributed by atoms with Crippen LogP contribution in [0.2, 0.25) is 0 Å². The van der Waals surface area contributed by atoms with Gasteiger partial charge in [0.1, 0.15) is 5.69 Å². The van der Waals surface area contributed by atoms with Gasteiger partial charge in [0, 0.05) is 12.0 Å². The van der Waals surface area contributed by atoms with Crippen LogP contribution >= 0.6 is 11.3 Å². The zero-order valence-corrected chi connectivity index (χ0v) is 8.25. The fourth-order valence-corrected chi connectivity index (χ4v) is 2.32. The Balaban J connectivity index is 2.06. The molecule has 5 heteroatoms. The van der Waals surface area contributed by atoms with E-state index in [1.54, 1.807) is 17.4 Å². The standard InChI is InChI=1S/C9H9N3OS/c10-7-3-6(12-13-7)9-8(5-1-2-5)11-4-14-9/h3-5H,1-2,10H2. The Hall–Kier alpha value is -1.36. The van der Waals surface area contributed by atoms with Gasteiger partial charge >= 0.3 is 0 Å². The Morgan fingerprint density at radius 2 is 2.36 bits per heavy atom. The van der Waals surface area contributed by atoms with Crippen LogP contribution in [0.25, 0.3) is 10.6 Å². The van der Waals surface area contributed by atoms with Gasteiger partial charge in [0.05, 0.1) is 16.1 Å². The van der Waals surface area contributed by atoms with Crippen molar-refractivity contribution >= 4 is 17.2 Å². The molecule has 0 saturated heterocycles. The Morgan fingerprint density at radius 3 is 3.00 bits per heavy atom. The third kappa shape index (κ3) is 1.21. The second kappa shape index (κ2) is 2.81. The third-order valence-corrected chi connectivity index (χ3v) is 3.18. The Labute approximate surface area is 84.7 Å². The molecule has 1 saturated carbocycles. The first-order chi connectivity index (χ1) is 6.84. The molecule has 1 aliphatic carbocycles. The lowest BCUT2D eigenvalue weighted by atomic mass is 10.2. The van der Waals surface area contributed by atoms with Gasteiger partial charge in [0.2, 0.25) is 5.88 Å². The van der Waals surface area contributed by atoms with Crippen LogP contribution in [-0.4, -0.2) is 10.1 Å². The number of hydrogen-bond donors (Lipinski definition) is 1. The van der Waals surface area contributed by atoms with E-state index in [2.05, 4.69) is 10.1 Å². The van der Waals surface area contributed by atoms with E-state index in [0.29, 0.717) is 11.8 Å². The molecule has 4 nitrogen and oxygen atoms in total. The zero-order valence-electron chi connectivity index (χ0n) is 7.43. The first-order valence-corrected chi connectivity index (χ1v) is 5.38. The van der Waals surface area contributed by atoms with Gasteiger partial charge in [-0.3, -0.25) is 0 Å². The number of nitrogen functional groups attached to an aromatic ring is 1. The molecule has 2 aromatic rings. The summed E-state index contributed by atoms with van der Waals surface area (Å²) in [6.07, 6.45) is 2.48. The van der Waals surface area contributed by atoms with Crippen molar-refractivity contribution in [3.63, 3.8) is 0 Å². The smallest absolute Gasteiger partial charge is 0.222 e. The number of rotatable bonds is 2. The van der Waals surface area contributed by atoms with Crippen molar-refractivity contribution in [2.45, 2.75) is 18.8 Å². The molecule has 0 spiro atoms. The second-order valence-corrected chi connectivity index (χ2v) is 4.31. The van der Waals surface area contributed by atoms with Crippen molar-refractivity contribution < 1.29 is 4.52 Å². The molecule has 0 bridgehead atoms. The molecule has 0 unspecified atom stereocenters. The van der Waals surface area contributed by atoms with Crippen LogP contribution in [0.5, 0.6) is 0 Å². The molecule has 2 aromatic heterocycles. The highest BCUT2D eigenvalue weighted by molar-refractivity contribution is 7.13. The van der Waals surface area contributed by atoms with Crippen LogP contribution in [0.3, 0.4) is 0 Å². The van der Waals surface area contributed by atoms with E-state index in [-0.39, 0.29) is 0 Å². The van der Waals surface area contributed by atoms with Crippen molar-refractivity contribution in [3.8, 4) is 10.6 Å². The van der Waals surface area contributed by atoms with Crippen LogP contribution in [0.1, 0.15) is 24.5 Å². The van der Waals surface area contributed by atoms with Crippen molar-refractivity contribution in [2.24, 2.45) is 0 Å². The zero-order chi connectivity index (χ0) is 9.54. The lowest BCUT2D eigenvalue weighted by Gasteiger charge is -1.93. The summed E-state index contributed by atoms with van der Waals surface area (Å²) in [5.41, 5.74) is 9.30. The highest BCUT2D eigenvalue weighted by atomic mass is 32.1. The summed E-state index contributed by atoms with van der Waals surface area (Å²) in [6.45, 7) is 0. The van der Waals surface area contributed by atoms with Crippen molar-refractivity contribution in [2.75, 3.05) is 5.73 Å². The Morgan fingerprint density at radius 1 is 1.50 bits per heavy atom. The largest absolute Gasteiger partial charge is 0.368 e. The van der Waals surface area contributed by atoms with Gasteiger partial charge in [0.15, 0.2) is 0 Å². The fourth-order valence-electron chi connectivity index (χ4n) is 1.49. The Bertz CT molecular complexity index is 458. The maximum atomic E-state index is 5.48. The predicted molar refractivity (Wildman–Crippen MR) is 54.0 cm³/mol. The lowest BCUT2D eigenvalue weighted by Crippen LogP contribution is -1.83. The maximum absolute atomic E-state index is 5.48. The topological polar surface area (TPSA) is 64.9 Å². The Kier molecular flexibility index (Phi) is 1.61. The van der Waals surface area contributed by atoms with E-state index in [9.17, 15) is 0 Å². The normalized spacial score (nSPS) is 16.0. The molecule has 1 aliphatic rings. The van der Waals surface area contributed by atoms with E-state index in [0.717, 1.165) is 16.3 Å². The summed E-state index contributed by atoms with van der Waals surface area (Å²) in [5.74, 6) is 0.990. The van der Waals surface area contributed by atoms with Crippen molar-refractivity contribution in [1.29, 1.82) is 0 Å². The second-order valence-electron chi connectivity index (χ2n) is 3.46. The van der Waals surface area contributed by atoms with E-state index in [4.69, 9.17) is 10.3 Å². The van der Waals surface area contributed by atoms with Crippen LogP contribution in [0, 0.1) is 0 Å². The molecular weight excluding hydrogens is 198 g/mol. The van der Waals surface area contributed by atoms with E-state index in [1.165, 1.54) is 12.8 Å². The summed E-state index contributed by atoms with van der Waals surface area (Å²) >= 11 is 1.60. The quantitative estimate of drug-likeness (QED) is 0.820. The molecule has 0 aromatic carbocycles. The van der Waals surface area contributed by atoms with Crippen LogP contribution in [-0.2, 0) is 0 Å². The molecule has 0 aliphatic heterocycles. The first-order valence-electron chi connectivity index (χ1n) is 4.50. The highest BCUT2D eigenvalue weighted by Crippen LogP contribution is 2.44. The van der Waals surface area contributed by atoms with Gasteiger partial charge in [-0.05, 0) is 12.8 Å². The summed E-state index contributed by atoms with van der Waals surface area (Å²) in [7, 11) is 0. The van der Waals surface area contributed by atoms with Gasteiger partial charge < -0.3 is 10.3 Å². The van der Waals surface area contributed by atoms with Crippen LogP contribution in [0.4, 0.5) is 5.88 Å². The number of nitrogens with zero attached hydrogens (tertiary/aromatic N) is 2. The van der Waals surface area contributed by atoms with Gasteiger partial charge in [-0.15, -0.1) is 11.3 Å². The molecule has 0 amide bonds. The monoisotopic (exact) mass is 207 g/mol. The third-order valence-electron chi connectivity index (χ3n) is 2.32. The summed E-state index contributed by atoms with van der Waals surface area (Å²) in [5, 5.41) is 3.90. The number of nitrogens with two attached hydrogens (primary N) is 1. The molecule has 3 rings (SSSR count). The molecule has 2 heterocycles. The first kappa shape index (κ1) is 7.99. The molecule has 0 radical (unpaired) electrons. The number of anilines is 1. The van der Waals surface area contributed by atoms with Crippen molar-refractivity contribution in [3.05, 3.63) is 17.3 Å². The molecule has 1 fully saturated rings. The fraction of sp³-hybridized carbons (Fsp3) is 0.333. The molecule has 2 N–H and O–H groups in total. The van der Waals surface area contributed by atoms with E-state index in [1.807, 2.05) is 5.51 Å². The van der Waals surface area contributed by atoms with E-state index >= 15 is 0 Å². The minimum Gasteiger partial charge on any atom is -0.368 e. The average molecular weight is 207 g/mol. The summed E-state index contributed by atoms with van der Waals surface area (Å²) in [6, 6.07) is 1.75.